The van der Waals surface area contributed by atoms with Crippen molar-refractivity contribution in [3.8, 4) is 0 Å². The van der Waals surface area contributed by atoms with E-state index in [1.54, 1.807) is 6.20 Å². The molecule has 0 aliphatic carbocycles. The van der Waals surface area contributed by atoms with Gasteiger partial charge in [0, 0.05) is 13.0 Å². The quantitative estimate of drug-likeness (QED) is 0.707. The molecule has 0 spiro atoms. The van der Waals surface area contributed by atoms with E-state index < -0.39 is 6.67 Å². The number of likely N-dealkylation sites (N-methyl/N-ethyl adjacent to an activating group) is 1. The lowest BCUT2D eigenvalue weighted by molar-refractivity contribution is 0.365. The number of oxazole rings is 1. The van der Waals surface area contributed by atoms with E-state index in [9.17, 15) is 4.39 Å². The molecule has 0 fully saturated rings. The topological polar surface area (TPSA) is 38.1 Å². The molecule has 62 valence electrons. The van der Waals surface area contributed by atoms with Gasteiger partial charge in [-0.1, -0.05) is 0 Å². The first-order valence-electron chi connectivity index (χ1n) is 3.51. The lowest BCUT2D eigenvalue weighted by Crippen LogP contribution is -2.09. The van der Waals surface area contributed by atoms with E-state index in [0.29, 0.717) is 0 Å². The highest BCUT2D eigenvalue weighted by molar-refractivity contribution is 4.93. The zero-order chi connectivity index (χ0) is 8.10. The maximum absolute atomic E-state index is 11.9. The predicted molar refractivity (Wildman–Crippen MR) is 38.9 cm³/mol. The maximum atomic E-state index is 11.9. The third kappa shape index (κ3) is 2.31. The predicted octanol–water partition coefficient (Wildman–Crippen LogP) is 0.906. The Labute approximate surface area is 64.6 Å². The zero-order valence-corrected chi connectivity index (χ0v) is 6.43. The first-order valence-corrected chi connectivity index (χ1v) is 3.51. The van der Waals surface area contributed by atoms with Crippen LogP contribution in [0.25, 0.3) is 0 Å². The van der Waals surface area contributed by atoms with Gasteiger partial charge in [0.2, 0.25) is 5.89 Å². The Morgan fingerprint density at radius 1 is 1.73 bits per heavy atom. The maximum Gasteiger partial charge on any atom is 0.225 e. The average molecular weight is 158 g/mol. The van der Waals surface area contributed by atoms with Gasteiger partial charge >= 0.3 is 0 Å². The summed E-state index contributed by atoms with van der Waals surface area (Å²) in [6, 6.07) is 0. The molecule has 4 heteroatoms. The molecule has 1 rings (SSSR count). The highest BCUT2D eigenvalue weighted by Crippen LogP contribution is 2.04. The van der Waals surface area contributed by atoms with Crippen LogP contribution in [0.1, 0.15) is 11.7 Å². The summed E-state index contributed by atoms with van der Waals surface area (Å²) in [6.07, 6.45) is 2.32. The number of hydrogen-bond donors (Lipinski definition) is 1. The fourth-order valence-corrected chi connectivity index (χ4v) is 0.774. The molecule has 0 saturated heterocycles. The van der Waals surface area contributed by atoms with E-state index in [2.05, 4.69) is 10.3 Å². The minimum absolute atomic E-state index is 0.163. The Hall–Kier alpha value is -0.900. The van der Waals surface area contributed by atoms with Gasteiger partial charge in [-0.05, 0) is 7.05 Å². The van der Waals surface area contributed by atoms with Crippen LogP contribution in [0.2, 0.25) is 0 Å². The lowest BCUT2D eigenvalue weighted by Gasteiger charge is -1.92. The van der Waals surface area contributed by atoms with E-state index in [1.165, 1.54) is 0 Å². The van der Waals surface area contributed by atoms with Gasteiger partial charge in [0.1, 0.15) is 5.76 Å². The fraction of sp³-hybridized carbons (Fsp3) is 0.571. The standard InChI is InChI=1S/C7H11FN2O/c1-9-3-2-6-5-10-7(4-8)11-6/h5,9H,2-4H2,1H3. The van der Waals surface area contributed by atoms with E-state index in [-0.39, 0.29) is 5.89 Å². The number of rotatable bonds is 4. The highest BCUT2D eigenvalue weighted by atomic mass is 19.1. The van der Waals surface area contributed by atoms with Crippen LogP contribution < -0.4 is 5.32 Å². The first kappa shape index (κ1) is 8.20. The fourth-order valence-electron chi connectivity index (χ4n) is 0.774. The molecule has 0 radical (unpaired) electrons. The lowest BCUT2D eigenvalue weighted by atomic mass is 10.3. The Kier molecular flexibility index (Phi) is 3.04. The molecule has 0 amide bonds. The van der Waals surface area contributed by atoms with E-state index in [4.69, 9.17) is 4.42 Å². The molecule has 0 bridgehead atoms. The normalized spacial score (nSPS) is 10.4. The largest absolute Gasteiger partial charge is 0.443 e. The Balaban J connectivity index is 2.44. The first-order chi connectivity index (χ1) is 5.36. The molecule has 1 heterocycles. The van der Waals surface area contributed by atoms with Crippen LogP contribution >= 0.6 is 0 Å². The third-order valence-corrected chi connectivity index (χ3v) is 1.34. The van der Waals surface area contributed by atoms with Crippen LogP contribution in [0.3, 0.4) is 0 Å². The molecule has 1 aromatic rings. The number of hydrogen-bond acceptors (Lipinski definition) is 3. The van der Waals surface area contributed by atoms with Crippen molar-refractivity contribution in [1.29, 1.82) is 0 Å². The molecule has 0 aliphatic rings. The van der Waals surface area contributed by atoms with Gasteiger partial charge in [-0.15, -0.1) is 0 Å². The number of alkyl halides is 1. The van der Waals surface area contributed by atoms with Gasteiger partial charge in [0.25, 0.3) is 0 Å². The molecule has 0 unspecified atom stereocenters. The minimum atomic E-state index is -0.625. The minimum Gasteiger partial charge on any atom is -0.443 e. The van der Waals surface area contributed by atoms with Crippen LogP contribution in [-0.2, 0) is 13.1 Å². The van der Waals surface area contributed by atoms with Crippen molar-refractivity contribution >= 4 is 0 Å². The molecule has 0 saturated carbocycles. The van der Waals surface area contributed by atoms with Crippen LogP contribution in [0, 0.1) is 0 Å². The molecular weight excluding hydrogens is 147 g/mol. The second-order valence-electron chi connectivity index (χ2n) is 2.21. The number of nitrogens with zero attached hydrogens (tertiary/aromatic N) is 1. The van der Waals surface area contributed by atoms with Crippen LogP contribution in [0.5, 0.6) is 0 Å². The van der Waals surface area contributed by atoms with Gasteiger partial charge in [-0.25, -0.2) is 9.37 Å². The molecule has 11 heavy (non-hydrogen) atoms. The SMILES string of the molecule is CNCCc1cnc(CF)o1. The Bertz CT molecular complexity index is 212. The molecule has 0 aromatic carbocycles. The van der Waals surface area contributed by atoms with E-state index in [0.717, 1.165) is 18.7 Å². The smallest absolute Gasteiger partial charge is 0.225 e. The second-order valence-corrected chi connectivity index (χ2v) is 2.21. The van der Waals surface area contributed by atoms with Crippen molar-refractivity contribution in [3.05, 3.63) is 17.8 Å². The summed E-state index contributed by atoms with van der Waals surface area (Å²) in [6.45, 7) is 0.195. The molecule has 1 N–H and O–H groups in total. The average Bonchev–Trinajstić information content (AvgIpc) is 2.48. The summed E-state index contributed by atoms with van der Waals surface area (Å²) in [5.74, 6) is 0.892. The number of halogens is 1. The third-order valence-electron chi connectivity index (χ3n) is 1.34. The number of aromatic nitrogens is 1. The summed E-state index contributed by atoms with van der Waals surface area (Å²) < 4.78 is 16.9. The van der Waals surface area contributed by atoms with Gasteiger partial charge < -0.3 is 9.73 Å². The van der Waals surface area contributed by atoms with Crippen molar-refractivity contribution in [3.63, 3.8) is 0 Å². The molecule has 1 aromatic heterocycles. The van der Waals surface area contributed by atoms with Crippen LogP contribution in [0.4, 0.5) is 4.39 Å². The summed E-state index contributed by atoms with van der Waals surface area (Å²) in [7, 11) is 1.85. The van der Waals surface area contributed by atoms with Crippen molar-refractivity contribution in [1.82, 2.24) is 10.3 Å². The van der Waals surface area contributed by atoms with Gasteiger partial charge in [0.15, 0.2) is 6.67 Å². The molecule has 0 aliphatic heterocycles. The monoisotopic (exact) mass is 158 g/mol. The van der Waals surface area contributed by atoms with Crippen molar-refractivity contribution in [2.45, 2.75) is 13.1 Å². The van der Waals surface area contributed by atoms with Gasteiger partial charge in [0.05, 0.1) is 6.20 Å². The number of nitrogens with one attached hydrogen (secondary N) is 1. The molecular formula is C7H11FN2O. The Morgan fingerprint density at radius 3 is 3.09 bits per heavy atom. The highest BCUT2D eigenvalue weighted by Gasteiger charge is 2.01. The summed E-state index contributed by atoms with van der Waals surface area (Å²) in [4.78, 5) is 3.72. The van der Waals surface area contributed by atoms with E-state index in [1.807, 2.05) is 7.05 Å². The van der Waals surface area contributed by atoms with Crippen LogP contribution in [0.15, 0.2) is 10.6 Å². The summed E-state index contributed by atoms with van der Waals surface area (Å²) >= 11 is 0. The molecule has 3 nitrogen and oxygen atoms in total. The van der Waals surface area contributed by atoms with Crippen molar-refractivity contribution in [2.24, 2.45) is 0 Å². The van der Waals surface area contributed by atoms with Gasteiger partial charge in [-0.3, -0.25) is 0 Å². The summed E-state index contributed by atoms with van der Waals surface area (Å²) in [5, 5.41) is 2.96. The zero-order valence-electron chi connectivity index (χ0n) is 6.43. The Morgan fingerprint density at radius 2 is 2.55 bits per heavy atom. The van der Waals surface area contributed by atoms with Gasteiger partial charge in [-0.2, -0.15) is 0 Å². The van der Waals surface area contributed by atoms with Crippen molar-refractivity contribution in [2.75, 3.05) is 13.6 Å². The summed E-state index contributed by atoms with van der Waals surface area (Å²) in [5.41, 5.74) is 0. The van der Waals surface area contributed by atoms with E-state index >= 15 is 0 Å². The second kappa shape index (κ2) is 4.08. The molecule has 0 atom stereocenters. The van der Waals surface area contributed by atoms with Crippen LogP contribution in [-0.4, -0.2) is 18.6 Å². The van der Waals surface area contributed by atoms with Crippen molar-refractivity contribution < 1.29 is 8.81 Å².